The number of benzene rings is 2. The number of carbonyl (C=O) groups excluding carboxylic acids is 1. The van der Waals surface area contributed by atoms with E-state index in [2.05, 4.69) is 0 Å². The van der Waals surface area contributed by atoms with Gasteiger partial charge >= 0.3 is 5.97 Å². The summed E-state index contributed by atoms with van der Waals surface area (Å²) in [5.74, 6) is -0.533. The van der Waals surface area contributed by atoms with Crippen molar-refractivity contribution in [1.29, 1.82) is 0 Å². The number of carbonyl (C=O) groups is 1. The Hall–Kier alpha value is -3.22. The summed E-state index contributed by atoms with van der Waals surface area (Å²) < 4.78 is 6.21. The first-order chi connectivity index (χ1) is 11.5. The molecule has 0 radical (unpaired) electrons. The Kier molecular flexibility index (Phi) is 3.99. The fraction of sp³-hybridized carbons (Fsp3) is 0.176. The molecule has 0 N–H and O–H groups in total. The minimum atomic E-state index is -0.533. The molecular weight excluding hydrogens is 312 g/mol. The van der Waals surface area contributed by atoms with Gasteiger partial charge in [0, 0.05) is 22.9 Å². The Balaban J connectivity index is 2.36. The minimum absolute atomic E-state index is 0.0750. The van der Waals surface area contributed by atoms with Crippen LogP contribution in [0.2, 0.25) is 0 Å². The average molecular weight is 326 g/mol. The molecule has 2 aromatic carbocycles. The van der Waals surface area contributed by atoms with Gasteiger partial charge in [0.15, 0.2) is 0 Å². The maximum atomic E-state index is 12.7. The zero-order valence-corrected chi connectivity index (χ0v) is 12.9. The van der Waals surface area contributed by atoms with E-state index in [4.69, 9.17) is 4.74 Å². The van der Waals surface area contributed by atoms with Gasteiger partial charge in [-0.2, -0.15) is 0 Å². The average Bonchev–Trinajstić information content (AvgIpc) is 2.58. The van der Waals surface area contributed by atoms with Crippen molar-refractivity contribution in [2.24, 2.45) is 0 Å². The van der Waals surface area contributed by atoms with Crippen LogP contribution < -0.4 is 5.56 Å². The van der Waals surface area contributed by atoms with Gasteiger partial charge in [-0.25, -0.2) is 0 Å². The lowest BCUT2D eigenvalue weighted by Crippen LogP contribution is -2.26. The molecule has 0 atom stereocenters. The number of aromatic nitrogens is 1. The van der Waals surface area contributed by atoms with E-state index in [9.17, 15) is 19.7 Å². The SMILES string of the molecule is CCOC(=O)Cn1c(=O)c2ccccc2c2cc([N+](=O)[O-])ccc21. The summed E-state index contributed by atoms with van der Waals surface area (Å²) in [6.45, 7) is 1.65. The van der Waals surface area contributed by atoms with E-state index < -0.39 is 10.9 Å². The van der Waals surface area contributed by atoms with Crippen LogP contribution in [0.4, 0.5) is 5.69 Å². The fourth-order valence-electron chi connectivity index (χ4n) is 2.74. The Morgan fingerprint density at radius 1 is 1.17 bits per heavy atom. The summed E-state index contributed by atoms with van der Waals surface area (Å²) in [6.07, 6.45) is 0. The molecule has 0 aliphatic rings. The second kappa shape index (κ2) is 6.11. The number of nitro benzene ring substituents is 1. The van der Waals surface area contributed by atoms with Crippen molar-refractivity contribution in [2.45, 2.75) is 13.5 Å². The van der Waals surface area contributed by atoms with Gasteiger partial charge in [0.05, 0.1) is 17.0 Å². The van der Waals surface area contributed by atoms with Crippen LogP contribution in [0.25, 0.3) is 21.7 Å². The van der Waals surface area contributed by atoms with E-state index in [0.717, 1.165) is 0 Å². The number of hydrogen-bond acceptors (Lipinski definition) is 5. The van der Waals surface area contributed by atoms with Crippen LogP contribution in [0.15, 0.2) is 47.3 Å². The molecule has 0 amide bonds. The monoisotopic (exact) mass is 326 g/mol. The van der Waals surface area contributed by atoms with Crippen molar-refractivity contribution in [3.8, 4) is 0 Å². The van der Waals surface area contributed by atoms with Gasteiger partial charge in [-0.1, -0.05) is 18.2 Å². The lowest BCUT2D eigenvalue weighted by molar-refractivity contribution is -0.384. The van der Waals surface area contributed by atoms with Crippen LogP contribution in [0, 0.1) is 10.1 Å². The molecule has 3 aromatic rings. The zero-order valence-electron chi connectivity index (χ0n) is 12.9. The van der Waals surface area contributed by atoms with Crippen molar-refractivity contribution in [1.82, 2.24) is 4.57 Å². The number of esters is 1. The summed E-state index contributed by atoms with van der Waals surface area (Å²) in [6, 6.07) is 11.1. The van der Waals surface area contributed by atoms with Crippen LogP contribution in [0.1, 0.15) is 6.92 Å². The number of ether oxygens (including phenoxy) is 1. The summed E-state index contributed by atoms with van der Waals surface area (Å²) in [5.41, 5.74) is 0.0475. The van der Waals surface area contributed by atoms with Gasteiger partial charge in [-0.05, 0) is 24.4 Å². The van der Waals surface area contributed by atoms with Crippen molar-refractivity contribution in [3.05, 3.63) is 62.9 Å². The van der Waals surface area contributed by atoms with E-state index in [-0.39, 0.29) is 24.4 Å². The van der Waals surface area contributed by atoms with Crippen molar-refractivity contribution in [3.63, 3.8) is 0 Å². The molecule has 7 heteroatoms. The Morgan fingerprint density at radius 2 is 1.88 bits per heavy atom. The highest BCUT2D eigenvalue weighted by Crippen LogP contribution is 2.26. The number of pyridine rings is 1. The Labute approximate surface area is 136 Å². The molecule has 0 unspecified atom stereocenters. The highest BCUT2D eigenvalue weighted by molar-refractivity contribution is 6.06. The molecule has 7 nitrogen and oxygen atoms in total. The molecule has 3 rings (SSSR count). The molecule has 1 aromatic heterocycles. The van der Waals surface area contributed by atoms with Crippen LogP contribution in [-0.2, 0) is 16.1 Å². The number of nitro groups is 1. The number of hydrogen-bond donors (Lipinski definition) is 0. The molecule has 24 heavy (non-hydrogen) atoms. The van der Waals surface area contributed by atoms with Gasteiger partial charge in [-0.15, -0.1) is 0 Å². The van der Waals surface area contributed by atoms with Gasteiger partial charge in [0.1, 0.15) is 6.54 Å². The molecule has 0 fully saturated rings. The lowest BCUT2D eigenvalue weighted by Gasteiger charge is -2.12. The maximum absolute atomic E-state index is 12.7. The Bertz CT molecular complexity index is 1020. The molecule has 122 valence electrons. The summed E-state index contributed by atoms with van der Waals surface area (Å²) in [4.78, 5) is 35.1. The third-order valence-electron chi connectivity index (χ3n) is 3.77. The van der Waals surface area contributed by atoms with E-state index in [1.165, 1.54) is 22.8 Å². The van der Waals surface area contributed by atoms with Gasteiger partial charge in [0.2, 0.25) is 0 Å². The van der Waals surface area contributed by atoms with E-state index >= 15 is 0 Å². The predicted octanol–water partition coefficient (Wildman–Crippen LogP) is 2.63. The van der Waals surface area contributed by atoms with Crippen molar-refractivity contribution < 1.29 is 14.5 Å². The second-order valence-electron chi connectivity index (χ2n) is 5.20. The summed E-state index contributed by atoms with van der Waals surface area (Å²) in [5, 5.41) is 12.6. The number of rotatable bonds is 4. The van der Waals surface area contributed by atoms with Crippen molar-refractivity contribution >= 4 is 33.3 Å². The van der Waals surface area contributed by atoms with Crippen LogP contribution in [0.5, 0.6) is 0 Å². The first kappa shape index (κ1) is 15.7. The van der Waals surface area contributed by atoms with E-state index in [1.54, 1.807) is 31.2 Å². The number of fused-ring (bicyclic) bond motifs is 3. The minimum Gasteiger partial charge on any atom is -0.465 e. The van der Waals surface area contributed by atoms with Gasteiger partial charge in [-0.3, -0.25) is 24.3 Å². The molecule has 0 saturated carbocycles. The smallest absolute Gasteiger partial charge is 0.326 e. The Morgan fingerprint density at radius 3 is 2.54 bits per heavy atom. The topological polar surface area (TPSA) is 91.4 Å². The molecule has 0 bridgehead atoms. The maximum Gasteiger partial charge on any atom is 0.326 e. The third-order valence-corrected chi connectivity index (χ3v) is 3.77. The van der Waals surface area contributed by atoms with Gasteiger partial charge < -0.3 is 4.74 Å². The molecular formula is C17H14N2O5. The molecule has 0 aliphatic heterocycles. The first-order valence-electron chi connectivity index (χ1n) is 7.38. The summed E-state index contributed by atoms with van der Waals surface area (Å²) in [7, 11) is 0. The van der Waals surface area contributed by atoms with Crippen molar-refractivity contribution in [2.75, 3.05) is 6.61 Å². The van der Waals surface area contributed by atoms with E-state index in [1.807, 2.05) is 0 Å². The molecule has 1 heterocycles. The molecule has 0 aliphatic carbocycles. The number of nitrogens with zero attached hydrogens (tertiary/aromatic N) is 2. The zero-order chi connectivity index (χ0) is 17.3. The second-order valence-corrected chi connectivity index (χ2v) is 5.20. The number of non-ortho nitro benzene ring substituents is 1. The van der Waals surface area contributed by atoms with Crippen LogP contribution in [-0.4, -0.2) is 22.1 Å². The fourth-order valence-corrected chi connectivity index (χ4v) is 2.74. The normalized spacial score (nSPS) is 10.9. The standard InChI is InChI=1S/C17H14N2O5/c1-2-24-16(20)10-18-15-8-7-11(19(22)23)9-14(15)12-5-3-4-6-13(12)17(18)21/h3-9H,2,10H2,1H3. The first-order valence-corrected chi connectivity index (χ1v) is 7.38. The largest absolute Gasteiger partial charge is 0.465 e. The molecule has 0 spiro atoms. The van der Waals surface area contributed by atoms with Crippen LogP contribution in [0.3, 0.4) is 0 Å². The quantitative estimate of drug-likeness (QED) is 0.318. The predicted molar refractivity (Wildman–Crippen MR) is 89.0 cm³/mol. The summed E-state index contributed by atoms with van der Waals surface area (Å²) >= 11 is 0. The third kappa shape index (κ3) is 2.60. The van der Waals surface area contributed by atoms with Crippen LogP contribution >= 0.6 is 0 Å². The lowest BCUT2D eigenvalue weighted by atomic mass is 10.1. The highest BCUT2D eigenvalue weighted by atomic mass is 16.6. The highest BCUT2D eigenvalue weighted by Gasteiger charge is 2.16. The van der Waals surface area contributed by atoms with Gasteiger partial charge in [0.25, 0.3) is 11.2 Å². The molecule has 0 saturated heterocycles. The van der Waals surface area contributed by atoms with E-state index in [0.29, 0.717) is 21.7 Å².